The van der Waals surface area contributed by atoms with Crippen LogP contribution < -0.4 is 5.32 Å². The molecule has 0 atom stereocenters. The number of aryl methyl sites for hydroxylation is 1. The van der Waals surface area contributed by atoms with E-state index in [9.17, 15) is 14.4 Å². The molecule has 0 radical (unpaired) electrons. The molecule has 158 valence electrons. The first-order chi connectivity index (χ1) is 14.5. The highest BCUT2D eigenvalue weighted by atomic mass is 16.2. The first kappa shape index (κ1) is 19.9. The van der Waals surface area contributed by atoms with Crippen molar-refractivity contribution in [3.8, 4) is 5.69 Å². The maximum absolute atomic E-state index is 12.7. The van der Waals surface area contributed by atoms with E-state index in [0.717, 1.165) is 24.2 Å². The van der Waals surface area contributed by atoms with Crippen LogP contribution in [0.4, 0.5) is 10.5 Å². The van der Waals surface area contributed by atoms with Crippen molar-refractivity contribution in [2.45, 2.75) is 19.8 Å². The molecule has 0 saturated carbocycles. The summed E-state index contributed by atoms with van der Waals surface area (Å²) in [6.45, 7) is 4.78. The molecule has 0 spiro atoms. The van der Waals surface area contributed by atoms with E-state index >= 15 is 0 Å². The minimum atomic E-state index is -0.459. The van der Waals surface area contributed by atoms with Gasteiger partial charge in [-0.05, 0) is 44.0 Å². The zero-order valence-corrected chi connectivity index (χ0v) is 17.1. The number of hydrogen-bond acceptors (Lipinski definition) is 4. The smallest absolute Gasteiger partial charge is 0.321 e. The molecule has 30 heavy (non-hydrogen) atoms. The summed E-state index contributed by atoms with van der Waals surface area (Å²) < 4.78 is 1.80. The summed E-state index contributed by atoms with van der Waals surface area (Å²) in [6, 6.07) is 9.19. The summed E-state index contributed by atoms with van der Waals surface area (Å²) in [6.07, 6.45) is 3.64. The predicted octanol–water partition coefficient (Wildman–Crippen LogP) is 1.48. The van der Waals surface area contributed by atoms with Crippen molar-refractivity contribution in [3.63, 3.8) is 0 Å². The van der Waals surface area contributed by atoms with Crippen LogP contribution in [0, 0.1) is 6.92 Å². The van der Waals surface area contributed by atoms with Crippen LogP contribution in [0.5, 0.6) is 0 Å². The second kappa shape index (κ2) is 8.56. The average Bonchev–Trinajstić information content (AvgIpc) is 3.45. The van der Waals surface area contributed by atoms with Crippen LogP contribution in [0.25, 0.3) is 5.69 Å². The van der Waals surface area contributed by atoms with Crippen molar-refractivity contribution in [1.82, 2.24) is 24.5 Å². The molecule has 0 aliphatic carbocycles. The highest BCUT2D eigenvalue weighted by Gasteiger charge is 2.31. The summed E-state index contributed by atoms with van der Waals surface area (Å²) in [5.74, 6) is -0.879. The van der Waals surface area contributed by atoms with Gasteiger partial charge in [0, 0.05) is 56.8 Å². The molecule has 2 aliphatic rings. The van der Waals surface area contributed by atoms with Crippen LogP contribution >= 0.6 is 0 Å². The molecular formula is C21H26N6O3. The number of piperazine rings is 1. The van der Waals surface area contributed by atoms with Crippen molar-refractivity contribution in [1.29, 1.82) is 0 Å². The number of amides is 4. The number of nitrogens with zero attached hydrogens (tertiary/aromatic N) is 5. The number of carbonyl (C=O) groups excluding carboxylic acids is 3. The van der Waals surface area contributed by atoms with E-state index in [1.807, 2.05) is 37.3 Å². The molecule has 9 nitrogen and oxygen atoms in total. The molecule has 2 saturated heterocycles. The maximum Gasteiger partial charge on any atom is 0.321 e. The van der Waals surface area contributed by atoms with Gasteiger partial charge in [-0.3, -0.25) is 9.59 Å². The highest BCUT2D eigenvalue weighted by molar-refractivity contribution is 6.35. The summed E-state index contributed by atoms with van der Waals surface area (Å²) in [4.78, 5) is 42.2. The van der Waals surface area contributed by atoms with Crippen molar-refractivity contribution < 1.29 is 14.4 Å². The van der Waals surface area contributed by atoms with Gasteiger partial charge in [0.1, 0.15) is 0 Å². The van der Waals surface area contributed by atoms with Gasteiger partial charge in [0.05, 0.1) is 5.69 Å². The molecular weight excluding hydrogens is 384 g/mol. The molecule has 0 unspecified atom stereocenters. The van der Waals surface area contributed by atoms with E-state index in [0.29, 0.717) is 45.0 Å². The summed E-state index contributed by atoms with van der Waals surface area (Å²) in [7, 11) is 0. The third kappa shape index (κ3) is 4.14. The first-order valence-electron chi connectivity index (χ1n) is 10.3. The first-order valence-corrected chi connectivity index (χ1v) is 10.3. The lowest BCUT2D eigenvalue weighted by atomic mass is 10.2. The number of nitrogens with one attached hydrogen (secondary N) is 1. The van der Waals surface area contributed by atoms with Crippen LogP contribution in [0.1, 0.15) is 18.5 Å². The molecule has 2 aliphatic heterocycles. The van der Waals surface area contributed by atoms with E-state index in [2.05, 4.69) is 10.4 Å². The van der Waals surface area contributed by atoms with E-state index in [-0.39, 0.29) is 6.03 Å². The van der Waals surface area contributed by atoms with E-state index in [1.54, 1.807) is 25.6 Å². The Kier molecular flexibility index (Phi) is 5.69. The molecule has 2 aromatic rings. The summed E-state index contributed by atoms with van der Waals surface area (Å²) >= 11 is 0. The Morgan fingerprint density at radius 3 is 2.13 bits per heavy atom. The molecule has 3 heterocycles. The van der Waals surface area contributed by atoms with Gasteiger partial charge < -0.3 is 20.0 Å². The van der Waals surface area contributed by atoms with Gasteiger partial charge in [-0.1, -0.05) is 6.07 Å². The lowest BCUT2D eigenvalue weighted by Gasteiger charge is -2.34. The van der Waals surface area contributed by atoms with Gasteiger partial charge in [-0.25, -0.2) is 9.48 Å². The molecule has 4 amide bonds. The molecule has 1 aromatic heterocycles. The van der Waals surface area contributed by atoms with Gasteiger partial charge in [-0.2, -0.15) is 5.10 Å². The van der Waals surface area contributed by atoms with Crippen molar-refractivity contribution >= 4 is 23.5 Å². The van der Waals surface area contributed by atoms with Crippen LogP contribution in [0.2, 0.25) is 0 Å². The van der Waals surface area contributed by atoms with Gasteiger partial charge >= 0.3 is 17.8 Å². The third-order valence-corrected chi connectivity index (χ3v) is 5.60. The lowest BCUT2D eigenvalue weighted by molar-refractivity contribution is -0.152. The normalized spacial score (nSPS) is 16.6. The fourth-order valence-corrected chi connectivity index (χ4v) is 3.86. The number of carbonyl (C=O) groups is 3. The Bertz CT molecular complexity index is 942. The predicted molar refractivity (Wildman–Crippen MR) is 111 cm³/mol. The Balaban J connectivity index is 1.32. The van der Waals surface area contributed by atoms with E-state index in [4.69, 9.17) is 0 Å². The zero-order valence-electron chi connectivity index (χ0n) is 17.1. The number of aromatic nitrogens is 2. The molecule has 4 rings (SSSR count). The summed E-state index contributed by atoms with van der Waals surface area (Å²) in [5, 5.41) is 7.20. The topological polar surface area (TPSA) is 90.8 Å². The van der Waals surface area contributed by atoms with Crippen molar-refractivity contribution in [3.05, 3.63) is 42.2 Å². The monoisotopic (exact) mass is 410 g/mol. The molecule has 2 fully saturated rings. The minimum absolute atomic E-state index is 0.220. The largest absolute Gasteiger partial charge is 0.334 e. The van der Waals surface area contributed by atoms with Crippen LogP contribution in [-0.2, 0) is 9.59 Å². The van der Waals surface area contributed by atoms with Gasteiger partial charge in [0.2, 0.25) is 0 Å². The fourth-order valence-electron chi connectivity index (χ4n) is 3.86. The van der Waals surface area contributed by atoms with Crippen LogP contribution in [0.3, 0.4) is 0 Å². The quantitative estimate of drug-likeness (QED) is 0.760. The maximum atomic E-state index is 12.7. The second-order valence-electron chi connectivity index (χ2n) is 7.64. The summed E-state index contributed by atoms with van der Waals surface area (Å²) in [5.41, 5.74) is 2.55. The molecule has 9 heteroatoms. The Morgan fingerprint density at radius 2 is 1.50 bits per heavy atom. The van der Waals surface area contributed by atoms with E-state index < -0.39 is 11.8 Å². The molecule has 1 N–H and O–H groups in total. The molecule has 1 aromatic carbocycles. The van der Waals surface area contributed by atoms with Crippen LogP contribution in [0.15, 0.2) is 36.5 Å². The number of likely N-dealkylation sites (tertiary alicyclic amines) is 1. The number of hydrogen-bond donors (Lipinski definition) is 1. The number of benzene rings is 1. The van der Waals surface area contributed by atoms with Gasteiger partial charge in [-0.15, -0.1) is 0 Å². The fraction of sp³-hybridized carbons (Fsp3) is 0.429. The average molecular weight is 410 g/mol. The number of anilines is 1. The SMILES string of the molecule is Cc1ccnn1-c1cccc(NC(=O)N2CCN(C(=O)C(=O)N3CCCC3)CC2)c1. The second-order valence-corrected chi connectivity index (χ2v) is 7.64. The highest BCUT2D eigenvalue weighted by Crippen LogP contribution is 2.17. The number of urea groups is 1. The standard InChI is InChI=1S/C21H26N6O3/c1-16-7-8-22-27(16)18-6-4-5-17(15-18)23-21(30)26-13-11-25(12-14-26)20(29)19(28)24-9-2-3-10-24/h4-8,15H,2-3,9-14H2,1H3,(H,23,30). The lowest BCUT2D eigenvalue weighted by Crippen LogP contribution is -2.54. The van der Waals surface area contributed by atoms with Crippen molar-refractivity contribution in [2.24, 2.45) is 0 Å². The van der Waals surface area contributed by atoms with Gasteiger partial charge in [0.25, 0.3) is 0 Å². The Labute approximate surface area is 175 Å². The zero-order chi connectivity index (χ0) is 21.1. The van der Waals surface area contributed by atoms with Gasteiger partial charge in [0.15, 0.2) is 0 Å². The van der Waals surface area contributed by atoms with Crippen molar-refractivity contribution in [2.75, 3.05) is 44.6 Å². The van der Waals surface area contributed by atoms with E-state index in [1.165, 1.54) is 0 Å². The minimum Gasteiger partial charge on any atom is -0.334 e. The Morgan fingerprint density at radius 1 is 0.867 bits per heavy atom. The Hall–Kier alpha value is -3.36. The van der Waals surface area contributed by atoms with Crippen LogP contribution in [-0.4, -0.2) is 81.6 Å². The number of rotatable bonds is 2. The molecule has 0 bridgehead atoms. The third-order valence-electron chi connectivity index (χ3n) is 5.60.